The molecule has 17 nitrogen and oxygen atoms in total. The van der Waals surface area contributed by atoms with Gasteiger partial charge in [0.15, 0.2) is 11.6 Å². The third kappa shape index (κ3) is 20.3. The second-order valence-electron chi connectivity index (χ2n) is 16.9. The average molecular weight is 1050 g/mol. The summed E-state index contributed by atoms with van der Waals surface area (Å²) in [5.74, 6) is -9.47. The molecule has 4 aromatic rings. The Hall–Kier alpha value is -8.24. The van der Waals surface area contributed by atoms with Gasteiger partial charge in [-0.15, -0.1) is 5.06 Å². The van der Waals surface area contributed by atoms with Crippen molar-refractivity contribution in [3.63, 3.8) is 0 Å². The molecule has 0 saturated carbocycles. The molecule has 0 aromatic heterocycles. The zero-order valence-corrected chi connectivity index (χ0v) is 40.1. The molecule has 23 heteroatoms. The average Bonchev–Trinajstić information content (AvgIpc) is 3.69. The highest BCUT2D eigenvalue weighted by molar-refractivity contribution is 6.09. The summed E-state index contributed by atoms with van der Waals surface area (Å²) in [7, 11) is 0. The van der Waals surface area contributed by atoms with Crippen LogP contribution in [0.5, 0.6) is 0 Å². The Morgan fingerprint density at radius 3 is 1.23 bits per heavy atom. The molecule has 1 heterocycles. The van der Waals surface area contributed by atoms with E-state index in [2.05, 4.69) is 10.6 Å². The van der Waals surface area contributed by atoms with Crippen molar-refractivity contribution in [3.05, 3.63) is 143 Å². The second-order valence-corrected chi connectivity index (χ2v) is 16.9. The number of alkyl halides is 6. The van der Waals surface area contributed by atoms with Gasteiger partial charge in [-0.25, -0.2) is 4.79 Å². The first kappa shape index (κ1) is 59.3. The lowest BCUT2D eigenvalue weighted by Crippen LogP contribution is -2.51. The lowest BCUT2D eigenvalue weighted by Gasteiger charge is -2.19. The van der Waals surface area contributed by atoms with Crippen LogP contribution in [-0.4, -0.2) is 107 Å². The largest absolute Gasteiger partial charge is 0.481 e. The van der Waals surface area contributed by atoms with Crippen LogP contribution in [0.1, 0.15) is 107 Å². The number of aliphatic carboxylic acids is 1. The maximum atomic E-state index is 12.9. The highest BCUT2D eigenvalue weighted by atomic mass is 19.4. The zero-order valence-electron chi connectivity index (χ0n) is 40.1. The predicted octanol–water partition coefficient (Wildman–Crippen LogP) is 6.06. The van der Waals surface area contributed by atoms with Crippen LogP contribution in [-0.2, 0) is 56.0 Å². The van der Waals surface area contributed by atoms with Crippen molar-refractivity contribution in [2.24, 2.45) is 0 Å². The number of carboxylic acids is 1. The minimum absolute atomic E-state index is 0.0129. The van der Waals surface area contributed by atoms with Gasteiger partial charge < -0.3 is 31.2 Å². The Kier molecular flexibility index (Phi) is 22.8. The Bertz CT molecular complexity index is 2620. The normalized spacial score (nSPS) is 13.1. The van der Waals surface area contributed by atoms with Crippen molar-refractivity contribution in [1.29, 1.82) is 0 Å². The number of hydrogen-bond acceptors (Lipinski definition) is 11. The summed E-state index contributed by atoms with van der Waals surface area (Å²) in [5, 5.41) is 17.4. The molecule has 0 bridgehead atoms. The minimum Gasteiger partial charge on any atom is -0.481 e. The fourth-order valence-corrected chi connectivity index (χ4v) is 7.09. The van der Waals surface area contributed by atoms with Crippen LogP contribution < -0.4 is 21.3 Å². The molecule has 6 amide bonds. The number of unbranched alkanes of at least 4 members (excludes halogenated alkanes) is 4. The summed E-state index contributed by atoms with van der Waals surface area (Å²) >= 11 is 0. The van der Waals surface area contributed by atoms with Crippen molar-refractivity contribution in [2.75, 3.05) is 13.1 Å². The molecule has 1 aliphatic heterocycles. The lowest BCUT2D eigenvalue weighted by atomic mass is 9.99. The van der Waals surface area contributed by atoms with Gasteiger partial charge in [-0.3, -0.25) is 43.2 Å². The Balaban J connectivity index is 0.000000330. The standard InChI is InChI=1S/C28H28F3N3O7.C24H25F3N2O5/c29-28(30,31)27(40)33-21(17-18-10-12-20(13-11-18)25(38)19-7-3-1-4-8-19)26(39)32-16-6-2-5-9-24(37)41-34-22(35)14-15-23(34)36;25-24(26,27)23(34)29-19(22(33)28-14-6-2-5-9-20(30)31)15-16-10-12-18(13-11-16)21(32)17-7-3-1-4-8-17/h1,3-4,7-8,10-13,21H,2,5-6,9,14-17H2,(H,32,39)(H,33,40);1,3-4,7-8,10-13,19H,2,5-6,9,14-15H2,(H,28,33)(H,29,34)(H,30,31). The molecule has 400 valence electrons. The number of imide groups is 1. The number of ketones is 2. The highest BCUT2D eigenvalue weighted by Gasteiger charge is 2.42. The van der Waals surface area contributed by atoms with Gasteiger partial charge in [-0.05, 0) is 36.8 Å². The van der Waals surface area contributed by atoms with Crippen molar-refractivity contribution in [3.8, 4) is 0 Å². The van der Waals surface area contributed by atoms with E-state index in [1.54, 1.807) is 71.3 Å². The highest BCUT2D eigenvalue weighted by Crippen LogP contribution is 2.19. The van der Waals surface area contributed by atoms with Gasteiger partial charge in [0.1, 0.15) is 12.1 Å². The molecule has 0 spiro atoms. The molecule has 4 aromatic carbocycles. The first-order valence-corrected chi connectivity index (χ1v) is 23.5. The Morgan fingerprint density at radius 2 is 0.867 bits per heavy atom. The van der Waals surface area contributed by atoms with Crippen molar-refractivity contribution >= 4 is 58.9 Å². The molecule has 0 radical (unpaired) electrons. The van der Waals surface area contributed by atoms with E-state index in [9.17, 15) is 74.3 Å². The van der Waals surface area contributed by atoms with Gasteiger partial charge in [-0.2, -0.15) is 26.3 Å². The molecular formula is C52H53F6N5O12. The van der Waals surface area contributed by atoms with Crippen molar-refractivity contribution in [1.82, 2.24) is 26.3 Å². The monoisotopic (exact) mass is 1050 g/mol. The topological polar surface area (TPSA) is 252 Å². The lowest BCUT2D eigenvalue weighted by molar-refractivity contribution is -0.197. The van der Waals surface area contributed by atoms with Gasteiger partial charge in [0.2, 0.25) is 11.8 Å². The smallest absolute Gasteiger partial charge is 0.471 e. The number of amides is 6. The van der Waals surface area contributed by atoms with Crippen LogP contribution >= 0.6 is 0 Å². The Labute approximate surface area is 425 Å². The molecule has 1 aliphatic rings. The number of benzene rings is 4. The second kappa shape index (κ2) is 28.9. The van der Waals surface area contributed by atoms with E-state index in [-0.39, 0.29) is 63.2 Å². The first-order chi connectivity index (χ1) is 35.5. The number of carboxylic acid groups (broad SMARTS) is 1. The molecule has 2 atom stereocenters. The maximum Gasteiger partial charge on any atom is 0.471 e. The summed E-state index contributed by atoms with van der Waals surface area (Å²) < 4.78 is 76.9. The summed E-state index contributed by atoms with van der Waals surface area (Å²) in [6.45, 7) is 0.182. The van der Waals surface area contributed by atoms with Crippen molar-refractivity contribution in [2.45, 2.75) is 101 Å². The fraction of sp³-hybridized carbons (Fsp3) is 0.346. The SMILES string of the molecule is O=C(CCCCCNC(=O)C(Cc1ccc(C(=O)c2ccccc2)cc1)NC(=O)C(F)(F)F)ON1C(=O)CCC1=O.O=C(O)CCCCCNC(=O)C(Cc1ccc(C(=O)c2ccccc2)cc1)NC(=O)C(F)(F)F. The number of nitrogens with one attached hydrogen (secondary N) is 4. The van der Waals surface area contributed by atoms with Crippen LogP contribution in [0.2, 0.25) is 0 Å². The van der Waals surface area contributed by atoms with Crippen LogP contribution in [0.3, 0.4) is 0 Å². The molecule has 2 unspecified atom stereocenters. The third-order valence-electron chi connectivity index (χ3n) is 11.1. The predicted molar refractivity (Wildman–Crippen MR) is 254 cm³/mol. The molecule has 0 aliphatic carbocycles. The number of halogens is 6. The number of hydrogen-bond donors (Lipinski definition) is 5. The van der Waals surface area contributed by atoms with Crippen LogP contribution in [0.4, 0.5) is 26.3 Å². The molecule has 1 saturated heterocycles. The third-order valence-corrected chi connectivity index (χ3v) is 11.1. The minimum atomic E-state index is -5.19. The first-order valence-electron chi connectivity index (χ1n) is 23.5. The summed E-state index contributed by atoms with van der Waals surface area (Å²) in [5.41, 5.74) is 2.54. The summed E-state index contributed by atoms with van der Waals surface area (Å²) in [6.07, 6.45) is -8.49. The van der Waals surface area contributed by atoms with E-state index in [1.165, 1.54) is 48.5 Å². The molecular weight excluding hydrogens is 1000 g/mol. The van der Waals surface area contributed by atoms with Crippen molar-refractivity contribution < 1.29 is 84.2 Å². The number of carbonyl (C=O) groups excluding carboxylic acids is 9. The molecule has 5 rings (SSSR count). The van der Waals surface area contributed by atoms with Gasteiger partial charge in [0.05, 0.1) is 0 Å². The van der Waals surface area contributed by atoms with E-state index in [1.807, 2.05) is 0 Å². The molecule has 75 heavy (non-hydrogen) atoms. The molecule has 1 fully saturated rings. The van der Waals surface area contributed by atoms with E-state index in [4.69, 9.17) is 9.94 Å². The quantitative estimate of drug-likeness (QED) is 0.0220. The van der Waals surface area contributed by atoms with E-state index in [0.29, 0.717) is 77.0 Å². The Morgan fingerprint density at radius 1 is 0.507 bits per heavy atom. The van der Waals surface area contributed by atoms with Crippen LogP contribution in [0.25, 0.3) is 0 Å². The number of nitrogens with zero attached hydrogens (tertiary/aromatic N) is 1. The van der Waals surface area contributed by atoms with E-state index >= 15 is 0 Å². The number of rotatable bonds is 25. The fourth-order valence-electron chi connectivity index (χ4n) is 7.09. The van der Waals surface area contributed by atoms with Gasteiger partial charge in [-0.1, -0.05) is 122 Å². The van der Waals surface area contributed by atoms with E-state index < -0.39 is 71.8 Å². The summed E-state index contributed by atoms with van der Waals surface area (Å²) in [6, 6.07) is 26.0. The zero-order chi connectivity index (χ0) is 55.1. The van der Waals surface area contributed by atoms with E-state index in [0.717, 1.165) is 0 Å². The maximum absolute atomic E-state index is 12.9. The molecule has 5 N–H and O–H groups in total. The van der Waals surface area contributed by atoms with Crippen LogP contribution in [0.15, 0.2) is 109 Å². The van der Waals surface area contributed by atoms with Gasteiger partial charge in [0.25, 0.3) is 11.8 Å². The number of hydroxylamine groups is 2. The summed E-state index contributed by atoms with van der Waals surface area (Å²) in [4.78, 5) is 123. The van der Waals surface area contributed by atoms with Gasteiger partial charge >= 0.3 is 36.1 Å². The van der Waals surface area contributed by atoms with Gasteiger partial charge in [0, 0.05) is 73.9 Å². The van der Waals surface area contributed by atoms with Crippen LogP contribution in [0, 0.1) is 0 Å². The number of carbonyl (C=O) groups is 10.